The standard InChI is InChI=1S/C23H29NO3/c1-26-21-12-10-18(11-13-21)23(25)19-7-5-8-20(23)16-24(15-19)14-17-6-3-4-9-22(17)27-2/h3-4,6,9-13,19-20,25H,5,7-8,14-16H2,1-2H3/t19-,20+,23?. The molecule has 0 amide bonds. The average Bonchev–Trinajstić information content (AvgIpc) is 2.69. The van der Waals surface area contributed by atoms with E-state index in [1.54, 1.807) is 14.2 Å². The summed E-state index contributed by atoms with van der Waals surface area (Å²) in [6.45, 7) is 2.70. The molecule has 3 atom stereocenters. The summed E-state index contributed by atoms with van der Waals surface area (Å²) in [5.41, 5.74) is 1.52. The fraction of sp³-hybridized carbons (Fsp3) is 0.478. The van der Waals surface area contributed by atoms with Gasteiger partial charge in [-0.1, -0.05) is 36.8 Å². The number of para-hydroxylation sites is 1. The maximum atomic E-state index is 11.8. The number of methoxy groups -OCH3 is 2. The Kier molecular flexibility index (Phi) is 5.11. The van der Waals surface area contributed by atoms with Gasteiger partial charge in [0.25, 0.3) is 0 Å². The van der Waals surface area contributed by atoms with Gasteiger partial charge in [-0.15, -0.1) is 0 Å². The molecule has 1 unspecified atom stereocenters. The van der Waals surface area contributed by atoms with Crippen LogP contribution in [0.15, 0.2) is 48.5 Å². The van der Waals surface area contributed by atoms with Gasteiger partial charge in [-0.3, -0.25) is 4.90 Å². The summed E-state index contributed by atoms with van der Waals surface area (Å²) in [6, 6.07) is 16.2. The van der Waals surface area contributed by atoms with Crippen LogP contribution < -0.4 is 9.47 Å². The highest BCUT2D eigenvalue weighted by Crippen LogP contribution is 2.49. The first-order chi connectivity index (χ1) is 13.1. The zero-order valence-corrected chi connectivity index (χ0v) is 16.2. The van der Waals surface area contributed by atoms with Crippen LogP contribution >= 0.6 is 0 Å². The Labute approximate surface area is 161 Å². The van der Waals surface area contributed by atoms with Crippen molar-refractivity contribution in [3.63, 3.8) is 0 Å². The van der Waals surface area contributed by atoms with E-state index < -0.39 is 5.60 Å². The van der Waals surface area contributed by atoms with Crippen molar-refractivity contribution < 1.29 is 14.6 Å². The molecule has 1 N–H and O–H groups in total. The number of ether oxygens (including phenoxy) is 2. The summed E-state index contributed by atoms with van der Waals surface area (Å²) < 4.78 is 10.8. The second kappa shape index (κ2) is 7.53. The smallest absolute Gasteiger partial charge is 0.123 e. The second-order valence-electron chi connectivity index (χ2n) is 7.88. The van der Waals surface area contributed by atoms with E-state index >= 15 is 0 Å². The van der Waals surface area contributed by atoms with Gasteiger partial charge in [0.1, 0.15) is 11.5 Å². The first kappa shape index (κ1) is 18.3. The van der Waals surface area contributed by atoms with E-state index in [0.717, 1.165) is 49.5 Å². The zero-order chi connectivity index (χ0) is 18.9. The maximum Gasteiger partial charge on any atom is 0.123 e. The number of hydrogen-bond donors (Lipinski definition) is 1. The fourth-order valence-corrected chi connectivity index (χ4v) is 5.08. The largest absolute Gasteiger partial charge is 0.497 e. The van der Waals surface area contributed by atoms with Crippen LogP contribution in [-0.2, 0) is 12.1 Å². The second-order valence-corrected chi connectivity index (χ2v) is 7.88. The Balaban J connectivity index is 1.56. The lowest BCUT2D eigenvalue weighted by molar-refractivity contribution is -0.148. The molecule has 2 aromatic carbocycles. The Bertz CT molecular complexity index is 759. The SMILES string of the molecule is COc1ccc(C2(O)[C@@H]3CCC[C@H]2CN(Cc2ccccc2OC)C3)cc1. The Hall–Kier alpha value is -2.04. The summed E-state index contributed by atoms with van der Waals surface area (Å²) in [7, 11) is 3.40. The summed E-state index contributed by atoms with van der Waals surface area (Å²) in [5.74, 6) is 2.29. The highest BCUT2D eigenvalue weighted by atomic mass is 16.5. The first-order valence-electron chi connectivity index (χ1n) is 9.86. The Morgan fingerprint density at radius 3 is 2.26 bits per heavy atom. The molecule has 0 radical (unpaired) electrons. The van der Waals surface area contributed by atoms with Crippen LogP contribution in [0, 0.1) is 11.8 Å². The average molecular weight is 367 g/mol. The lowest BCUT2D eigenvalue weighted by atomic mass is 9.62. The number of likely N-dealkylation sites (tertiary alicyclic amines) is 1. The van der Waals surface area contributed by atoms with E-state index in [2.05, 4.69) is 17.0 Å². The van der Waals surface area contributed by atoms with Gasteiger partial charge in [0, 0.05) is 37.0 Å². The number of fused-ring (bicyclic) bond motifs is 2. The van der Waals surface area contributed by atoms with Crippen molar-refractivity contribution in [1.29, 1.82) is 0 Å². The van der Waals surface area contributed by atoms with E-state index in [1.807, 2.05) is 36.4 Å². The molecule has 2 aliphatic rings. The van der Waals surface area contributed by atoms with Crippen molar-refractivity contribution in [3.05, 3.63) is 59.7 Å². The molecule has 1 aliphatic heterocycles. The van der Waals surface area contributed by atoms with E-state index in [-0.39, 0.29) is 11.8 Å². The highest BCUT2D eigenvalue weighted by Gasteiger charge is 2.51. The predicted octanol–water partition coefficient (Wildman–Crippen LogP) is 3.82. The third-order valence-corrected chi connectivity index (χ3v) is 6.45. The van der Waals surface area contributed by atoms with Crippen LogP contribution in [0.3, 0.4) is 0 Å². The molecule has 4 rings (SSSR count). The predicted molar refractivity (Wildman–Crippen MR) is 106 cm³/mol. The van der Waals surface area contributed by atoms with E-state index in [4.69, 9.17) is 9.47 Å². The van der Waals surface area contributed by atoms with Gasteiger partial charge in [-0.05, 0) is 36.6 Å². The molecular formula is C23H29NO3. The number of hydrogen-bond acceptors (Lipinski definition) is 4. The van der Waals surface area contributed by atoms with Gasteiger partial charge < -0.3 is 14.6 Å². The van der Waals surface area contributed by atoms with Gasteiger partial charge in [-0.25, -0.2) is 0 Å². The van der Waals surface area contributed by atoms with Gasteiger partial charge >= 0.3 is 0 Å². The molecule has 1 aliphatic carbocycles. The van der Waals surface area contributed by atoms with Crippen molar-refractivity contribution in [1.82, 2.24) is 4.90 Å². The minimum atomic E-state index is -0.734. The van der Waals surface area contributed by atoms with Crippen LogP contribution in [0.1, 0.15) is 30.4 Å². The molecule has 1 heterocycles. The summed E-state index contributed by atoms with van der Waals surface area (Å²) in [4.78, 5) is 2.49. The van der Waals surface area contributed by atoms with Gasteiger partial charge in [0.2, 0.25) is 0 Å². The topological polar surface area (TPSA) is 41.9 Å². The Morgan fingerprint density at radius 2 is 1.63 bits per heavy atom. The van der Waals surface area contributed by atoms with E-state index in [9.17, 15) is 5.11 Å². The van der Waals surface area contributed by atoms with Crippen molar-refractivity contribution in [2.45, 2.75) is 31.4 Å². The molecule has 0 aromatic heterocycles. The van der Waals surface area contributed by atoms with Crippen molar-refractivity contribution >= 4 is 0 Å². The summed E-state index contributed by atoms with van der Waals surface area (Å²) in [5, 5.41) is 11.8. The van der Waals surface area contributed by atoms with E-state index in [1.165, 1.54) is 12.0 Å². The molecule has 1 saturated carbocycles. The van der Waals surface area contributed by atoms with Crippen molar-refractivity contribution in [3.8, 4) is 11.5 Å². The monoisotopic (exact) mass is 367 g/mol. The van der Waals surface area contributed by atoms with Crippen LogP contribution in [0.4, 0.5) is 0 Å². The van der Waals surface area contributed by atoms with Gasteiger partial charge in [0.15, 0.2) is 0 Å². The minimum Gasteiger partial charge on any atom is -0.497 e. The normalized spacial score (nSPS) is 28.0. The minimum absolute atomic E-state index is 0.258. The molecular weight excluding hydrogens is 338 g/mol. The number of rotatable bonds is 5. The van der Waals surface area contributed by atoms with Crippen LogP contribution in [0.2, 0.25) is 0 Å². The summed E-state index contributed by atoms with van der Waals surface area (Å²) >= 11 is 0. The van der Waals surface area contributed by atoms with Crippen molar-refractivity contribution in [2.75, 3.05) is 27.3 Å². The van der Waals surface area contributed by atoms with Gasteiger partial charge in [-0.2, -0.15) is 0 Å². The van der Waals surface area contributed by atoms with E-state index in [0.29, 0.717) is 0 Å². The number of benzene rings is 2. The lowest BCUT2D eigenvalue weighted by Gasteiger charge is -2.53. The summed E-state index contributed by atoms with van der Waals surface area (Å²) in [6.07, 6.45) is 3.35. The van der Waals surface area contributed by atoms with Gasteiger partial charge in [0.05, 0.1) is 19.8 Å². The lowest BCUT2D eigenvalue weighted by Crippen LogP contribution is -2.57. The molecule has 2 fully saturated rings. The zero-order valence-electron chi connectivity index (χ0n) is 16.2. The van der Waals surface area contributed by atoms with Crippen LogP contribution in [0.5, 0.6) is 11.5 Å². The van der Waals surface area contributed by atoms with Crippen LogP contribution in [-0.4, -0.2) is 37.3 Å². The maximum absolute atomic E-state index is 11.8. The fourth-order valence-electron chi connectivity index (χ4n) is 5.08. The number of piperidine rings is 1. The number of nitrogens with zero attached hydrogens (tertiary/aromatic N) is 1. The molecule has 2 bridgehead atoms. The molecule has 4 heteroatoms. The molecule has 144 valence electrons. The molecule has 0 spiro atoms. The molecule has 4 nitrogen and oxygen atoms in total. The molecule has 27 heavy (non-hydrogen) atoms. The third kappa shape index (κ3) is 3.32. The molecule has 2 aromatic rings. The van der Waals surface area contributed by atoms with Crippen molar-refractivity contribution in [2.24, 2.45) is 11.8 Å². The quantitative estimate of drug-likeness (QED) is 0.872. The third-order valence-electron chi connectivity index (χ3n) is 6.45. The first-order valence-corrected chi connectivity index (χ1v) is 9.86. The number of aliphatic hydroxyl groups is 1. The van der Waals surface area contributed by atoms with Crippen LogP contribution in [0.25, 0.3) is 0 Å². The highest BCUT2D eigenvalue weighted by molar-refractivity contribution is 5.35. The molecule has 1 saturated heterocycles. The Morgan fingerprint density at radius 1 is 0.963 bits per heavy atom.